The molecule has 17 heavy (non-hydrogen) atoms. The van der Waals surface area contributed by atoms with Crippen molar-refractivity contribution in [1.29, 1.82) is 0 Å². The van der Waals surface area contributed by atoms with E-state index in [1.807, 2.05) is 38.1 Å². The second-order valence-electron chi connectivity index (χ2n) is 3.84. The molecule has 0 bridgehead atoms. The minimum Gasteiger partial charge on any atom is -0.466 e. The van der Waals surface area contributed by atoms with Crippen molar-refractivity contribution in [3.05, 3.63) is 35.4 Å². The molecule has 0 spiro atoms. The summed E-state index contributed by atoms with van der Waals surface area (Å²) in [7, 11) is 1.75. The number of carbonyl (C=O) groups is 1. The van der Waals surface area contributed by atoms with Gasteiger partial charge in [-0.05, 0) is 19.4 Å². The van der Waals surface area contributed by atoms with Gasteiger partial charge in [-0.3, -0.25) is 9.79 Å². The summed E-state index contributed by atoms with van der Waals surface area (Å²) >= 11 is 0. The number of aryl methyl sites for hydroxylation is 1. The molecule has 3 heteroatoms. The molecule has 92 valence electrons. The summed E-state index contributed by atoms with van der Waals surface area (Å²) in [5.41, 5.74) is 3.23. The van der Waals surface area contributed by atoms with E-state index in [1.54, 1.807) is 7.05 Å². The minimum atomic E-state index is -0.166. The molecule has 0 amide bonds. The standard InChI is InChI=1S/C14H19NO2/c1-4-17-14(16)10-9-13(15-3)12-7-5-11(2)6-8-12/h5-8H,4,9-10H2,1-3H3. The molecular weight excluding hydrogens is 214 g/mol. The van der Waals surface area contributed by atoms with E-state index in [0.29, 0.717) is 19.4 Å². The van der Waals surface area contributed by atoms with Gasteiger partial charge in [0, 0.05) is 19.2 Å². The highest BCUT2D eigenvalue weighted by Gasteiger charge is 2.07. The third-order valence-corrected chi connectivity index (χ3v) is 2.53. The fourth-order valence-electron chi connectivity index (χ4n) is 1.58. The zero-order chi connectivity index (χ0) is 12.7. The van der Waals surface area contributed by atoms with Gasteiger partial charge in [0.05, 0.1) is 13.0 Å². The summed E-state index contributed by atoms with van der Waals surface area (Å²) in [5.74, 6) is -0.166. The van der Waals surface area contributed by atoms with Gasteiger partial charge in [0.1, 0.15) is 0 Å². The van der Waals surface area contributed by atoms with Gasteiger partial charge in [0.15, 0.2) is 0 Å². The number of hydrogen-bond donors (Lipinski definition) is 0. The lowest BCUT2D eigenvalue weighted by Crippen LogP contribution is -2.08. The van der Waals surface area contributed by atoms with Gasteiger partial charge in [0.25, 0.3) is 0 Å². The van der Waals surface area contributed by atoms with Crippen LogP contribution in [-0.2, 0) is 9.53 Å². The first-order chi connectivity index (χ1) is 8.17. The number of carbonyl (C=O) groups excluding carboxylic acids is 1. The van der Waals surface area contributed by atoms with Crippen LogP contribution in [0.3, 0.4) is 0 Å². The largest absolute Gasteiger partial charge is 0.466 e. The Hall–Kier alpha value is -1.64. The van der Waals surface area contributed by atoms with Crippen LogP contribution in [-0.4, -0.2) is 25.3 Å². The van der Waals surface area contributed by atoms with Crippen molar-refractivity contribution in [1.82, 2.24) is 0 Å². The monoisotopic (exact) mass is 233 g/mol. The van der Waals surface area contributed by atoms with Crippen molar-refractivity contribution in [3.63, 3.8) is 0 Å². The fraction of sp³-hybridized carbons (Fsp3) is 0.429. The molecule has 1 aromatic rings. The summed E-state index contributed by atoms with van der Waals surface area (Å²) in [5, 5.41) is 0. The van der Waals surface area contributed by atoms with Crippen LogP contribution < -0.4 is 0 Å². The number of rotatable bonds is 5. The summed E-state index contributed by atoms with van der Waals surface area (Å²) in [6, 6.07) is 8.15. The number of ether oxygens (including phenoxy) is 1. The van der Waals surface area contributed by atoms with Crippen molar-refractivity contribution in [2.75, 3.05) is 13.7 Å². The predicted molar refractivity (Wildman–Crippen MR) is 69.5 cm³/mol. The van der Waals surface area contributed by atoms with Crippen molar-refractivity contribution in [2.45, 2.75) is 26.7 Å². The van der Waals surface area contributed by atoms with Crippen LogP contribution in [0.2, 0.25) is 0 Å². The molecule has 1 rings (SSSR count). The van der Waals surface area contributed by atoms with E-state index < -0.39 is 0 Å². The van der Waals surface area contributed by atoms with E-state index in [2.05, 4.69) is 4.99 Å². The number of hydrogen-bond acceptors (Lipinski definition) is 3. The van der Waals surface area contributed by atoms with Gasteiger partial charge < -0.3 is 4.74 Å². The molecule has 0 heterocycles. The topological polar surface area (TPSA) is 38.7 Å². The summed E-state index contributed by atoms with van der Waals surface area (Å²) in [4.78, 5) is 15.5. The molecule has 0 aliphatic heterocycles. The number of benzene rings is 1. The molecule has 0 unspecified atom stereocenters. The molecule has 0 radical (unpaired) electrons. The van der Waals surface area contributed by atoms with Gasteiger partial charge >= 0.3 is 5.97 Å². The van der Waals surface area contributed by atoms with Crippen LogP contribution in [0.5, 0.6) is 0 Å². The number of esters is 1. The van der Waals surface area contributed by atoms with E-state index in [9.17, 15) is 4.79 Å². The molecule has 0 saturated heterocycles. The molecule has 3 nitrogen and oxygen atoms in total. The normalized spacial score (nSPS) is 11.4. The first-order valence-electron chi connectivity index (χ1n) is 5.85. The molecule has 0 aromatic heterocycles. The Bertz CT molecular complexity index is 393. The molecule has 0 saturated carbocycles. The molecule has 0 aliphatic rings. The zero-order valence-electron chi connectivity index (χ0n) is 10.7. The zero-order valence-corrected chi connectivity index (χ0v) is 10.7. The number of aliphatic imine (C=N–C) groups is 1. The van der Waals surface area contributed by atoms with E-state index in [1.165, 1.54) is 5.56 Å². The molecule has 0 atom stereocenters. The quantitative estimate of drug-likeness (QED) is 0.579. The van der Waals surface area contributed by atoms with Crippen LogP contribution in [0.4, 0.5) is 0 Å². The average Bonchev–Trinajstić information content (AvgIpc) is 2.32. The summed E-state index contributed by atoms with van der Waals surface area (Å²) in [6.07, 6.45) is 1.01. The molecular formula is C14H19NO2. The van der Waals surface area contributed by atoms with Gasteiger partial charge in [-0.15, -0.1) is 0 Å². The van der Waals surface area contributed by atoms with E-state index in [-0.39, 0.29) is 5.97 Å². The van der Waals surface area contributed by atoms with Crippen LogP contribution >= 0.6 is 0 Å². The van der Waals surface area contributed by atoms with Crippen LogP contribution in [0.15, 0.2) is 29.3 Å². The minimum absolute atomic E-state index is 0.166. The molecule has 0 fully saturated rings. The maximum absolute atomic E-state index is 11.3. The first-order valence-corrected chi connectivity index (χ1v) is 5.85. The van der Waals surface area contributed by atoms with Gasteiger partial charge in [-0.2, -0.15) is 0 Å². The lowest BCUT2D eigenvalue weighted by atomic mass is 10.0. The predicted octanol–water partition coefficient (Wildman–Crippen LogP) is 2.76. The maximum Gasteiger partial charge on any atom is 0.306 e. The second-order valence-corrected chi connectivity index (χ2v) is 3.84. The summed E-state index contributed by atoms with van der Waals surface area (Å²) < 4.78 is 4.90. The van der Waals surface area contributed by atoms with Gasteiger partial charge in [0.2, 0.25) is 0 Å². The smallest absolute Gasteiger partial charge is 0.306 e. The van der Waals surface area contributed by atoms with E-state index in [0.717, 1.165) is 11.3 Å². The lowest BCUT2D eigenvalue weighted by molar-refractivity contribution is -0.142. The highest BCUT2D eigenvalue weighted by atomic mass is 16.5. The summed E-state index contributed by atoms with van der Waals surface area (Å²) in [6.45, 7) is 4.29. The molecule has 0 aliphatic carbocycles. The van der Waals surface area contributed by atoms with Gasteiger partial charge in [-0.1, -0.05) is 29.8 Å². The number of nitrogens with zero attached hydrogens (tertiary/aromatic N) is 1. The fourth-order valence-corrected chi connectivity index (χ4v) is 1.58. The Morgan fingerprint density at radius 3 is 2.41 bits per heavy atom. The van der Waals surface area contributed by atoms with Crippen molar-refractivity contribution in [3.8, 4) is 0 Å². The lowest BCUT2D eigenvalue weighted by Gasteiger charge is -2.06. The Labute approximate surface area is 103 Å². The van der Waals surface area contributed by atoms with Gasteiger partial charge in [-0.25, -0.2) is 0 Å². The third kappa shape index (κ3) is 4.39. The van der Waals surface area contributed by atoms with Crippen LogP contribution in [0.1, 0.15) is 30.9 Å². The maximum atomic E-state index is 11.3. The van der Waals surface area contributed by atoms with Crippen LogP contribution in [0, 0.1) is 6.92 Å². The highest BCUT2D eigenvalue weighted by Crippen LogP contribution is 2.09. The van der Waals surface area contributed by atoms with E-state index in [4.69, 9.17) is 4.74 Å². The van der Waals surface area contributed by atoms with Crippen molar-refractivity contribution in [2.24, 2.45) is 4.99 Å². The van der Waals surface area contributed by atoms with Crippen LogP contribution in [0.25, 0.3) is 0 Å². The Kier molecular flexibility index (Phi) is 5.40. The first kappa shape index (κ1) is 13.4. The van der Waals surface area contributed by atoms with Crippen molar-refractivity contribution >= 4 is 11.7 Å². The average molecular weight is 233 g/mol. The molecule has 0 N–H and O–H groups in total. The van der Waals surface area contributed by atoms with E-state index >= 15 is 0 Å². The van der Waals surface area contributed by atoms with Crippen molar-refractivity contribution < 1.29 is 9.53 Å². The Balaban J connectivity index is 2.61. The second kappa shape index (κ2) is 6.84. The third-order valence-electron chi connectivity index (χ3n) is 2.53. The Morgan fingerprint density at radius 2 is 1.88 bits per heavy atom. The molecule has 1 aromatic carbocycles. The highest BCUT2D eigenvalue weighted by molar-refractivity contribution is 6.01. The Morgan fingerprint density at radius 1 is 1.24 bits per heavy atom. The SMILES string of the molecule is CCOC(=O)CCC(=NC)c1ccc(C)cc1.